The second-order valence-corrected chi connectivity index (χ2v) is 10.1. The average molecular weight is 545 g/mol. The molecule has 0 aliphatic carbocycles. The van der Waals surface area contributed by atoms with Gasteiger partial charge in [-0.2, -0.15) is 0 Å². The van der Waals surface area contributed by atoms with Gasteiger partial charge in [0.2, 0.25) is 27.7 Å². The Morgan fingerprint density at radius 3 is 2.37 bits per heavy atom. The number of methoxy groups -OCH3 is 3. The van der Waals surface area contributed by atoms with Gasteiger partial charge in [0.05, 0.1) is 39.0 Å². The van der Waals surface area contributed by atoms with Crippen molar-refractivity contribution in [3.05, 3.63) is 54.5 Å². The topological polar surface area (TPSA) is 156 Å². The van der Waals surface area contributed by atoms with Gasteiger partial charge >= 0.3 is 0 Å². The van der Waals surface area contributed by atoms with Gasteiger partial charge in [0.1, 0.15) is 17.3 Å². The number of ether oxygens (including phenoxy) is 3. The van der Waals surface area contributed by atoms with E-state index in [1.165, 1.54) is 39.0 Å². The number of pyridine rings is 2. The monoisotopic (exact) mass is 544 g/mol. The van der Waals surface area contributed by atoms with Crippen LogP contribution in [-0.2, 0) is 10.0 Å². The standard InChI is InChI=1S/C23H25FN8O5S/c1-13(20-26-11-15(24)12-27-20)14(2)38(33,34)31-23-30-29-21(16-7-6-8-18(28-16)36-4)32(23)19-17(35-3)9-10-25-22(19)37-5/h6-14H,1-5H3,(H,30,31). The Hall–Kier alpha value is -4.40. The van der Waals surface area contributed by atoms with Crippen molar-refractivity contribution in [2.75, 3.05) is 26.1 Å². The molecule has 4 rings (SSSR count). The Morgan fingerprint density at radius 1 is 0.974 bits per heavy atom. The van der Waals surface area contributed by atoms with Gasteiger partial charge in [-0.15, -0.1) is 10.2 Å². The predicted molar refractivity (Wildman–Crippen MR) is 134 cm³/mol. The second-order valence-electron chi connectivity index (χ2n) is 8.02. The first kappa shape index (κ1) is 26.7. The fraction of sp³-hybridized carbons (Fsp3) is 0.304. The van der Waals surface area contributed by atoms with Gasteiger partial charge in [-0.3, -0.25) is 9.29 Å². The molecule has 4 aromatic heterocycles. The van der Waals surface area contributed by atoms with E-state index < -0.39 is 27.0 Å². The SMILES string of the molecule is COc1cccc(-c2nnc(NS(=O)(=O)C(C)C(C)c3ncc(F)cn3)n2-c2c(OC)ccnc2OC)n1. The molecule has 0 aliphatic rings. The van der Waals surface area contributed by atoms with E-state index in [0.29, 0.717) is 17.3 Å². The molecule has 1 N–H and O–H groups in total. The molecule has 13 nitrogen and oxygen atoms in total. The van der Waals surface area contributed by atoms with Crippen LogP contribution < -0.4 is 18.9 Å². The molecule has 2 atom stereocenters. The van der Waals surface area contributed by atoms with Crippen molar-refractivity contribution in [3.63, 3.8) is 0 Å². The Balaban J connectivity index is 1.84. The zero-order valence-electron chi connectivity index (χ0n) is 21.2. The fourth-order valence-electron chi connectivity index (χ4n) is 3.58. The van der Waals surface area contributed by atoms with E-state index in [1.807, 2.05) is 0 Å². The number of hydrogen-bond acceptors (Lipinski definition) is 11. The zero-order chi connectivity index (χ0) is 27.4. The highest BCUT2D eigenvalue weighted by molar-refractivity contribution is 7.93. The molecular weight excluding hydrogens is 519 g/mol. The fourth-order valence-corrected chi connectivity index (χ4v) is 4.81. The summed E-state index contributed by atoms with van der Waals surface area (Å²) in [4.78, 5) is 16.5. The minimum atomic E-state index is -4.12. The van der Waals surface area contributed by atoms with Crippen LogP contribution in [0.15, 0.2) is 42.9 Å². The predicted octanol–water partition coefficient (Wildman–Crippen LogP) is 2.61. The van der Waals surface area contributed by atoms with Crippen LogP contribution in [0.3, 0.4) is 0 Å². The molecule has 4 heterocycles. The zero-order valence-corrected chi connectivity index (χ0v) is 22.0. The minimum Gasteiger partial charge on any atom is -0.494 e. The Morgan fingerprint density at radius 2 is 1.71 bits per heavy atom. The lowest BCUT2D eigenvalue weighted by atomic mass is 10.1. The molecule has 0 amide bonds. The van der Waals surface area contributed by atoms with Crippen molar-refractivity contribution in [2.24, 2.45) is 0 Å². The van der Waals surface area contributed by atoms with Crippen LogP contribution >= 0.6 is 0 Å². The maximum atomic E-state index is 13.5. The van der Waals surface area contributed by atoms with Crippen LogP contribution in [0.5, 0.6) is 17.5 Å². The summed E-state index contributed by atoms with van der Waals surface area (Å²) in [6.45, 7) is 3.11. The first-order valence-electron chi connectivity index (χ1n) is 11.2. The van der Waals surface area contributed by atoms with Crippen molar-refractivity contribution in [3.8, 4) is 34.7 Å². The maximum absolute atomic E-state index is 13.5. The summed E-state index contributed by atoms with van der Waals surface area (Å²) >= 11 is 0. The van der Waals surface area contributed by atoms with E-state index in [-0.39, 0.29) is 29.2 Å². The van der Waals surface area contributed by atoms with Crippen molar-refractivity contribution < 1.29 is 27.0 Å². The summed E-state index contributed by atoms with van der Waals surface area (Å²) in [6.07, 6.45) is 3.44. The molecule has 15 heteroatoms. The summed E-state index contributed by atoms with van der Waals surface area (Å²) in [5.41, 5.74) is 0.568. The lowest BCUT2D eigenvalue weighted by Gasteiger charge is -2.21. The Kier molecular flexibility index (Phi) is 7.66. The second kappa shape index (κ2) is 10.9. The molecule has 38 heavy (non-hydrogen) atoms. The molecule has 200 valence electrons. The summed E-state index contributed by atoms with van der Waals surface area (Å²) in [7, 11) is 0.212. The number of halogens is 1. The first-order chi connectivity index (χ1) is 18.2. The lowest BCUT2D eigenvalue weighted by molar-refractivity contribution is 0.379. The third-order valence-corrected chi connectivity index (χ3v) is 7.64. The number of aromatic nitrogens is 7. The van der Waals surface area contributed by atoms with Crippen LogP contribution in [-0.4, -0.2) is 69.7 Å². The molecule has 0 aromatic carbocycles. The third kappa shape index (κ3) is 5.18. The largest absolute Gasteiger partial charge is 0.494 e. The summed E-state index contributed by atoms with van der Waals surface area (Å²) in [5, 5.41) is 7.27. The highest BCUT2D eigenvalue weighted by atomic mass is 32.2. The molecule has 4 aromatic rings. The van der Waals surface area contributed by atoms with E-state index in [9.17, 15) is 12.8 Å². The number of hydrogen-bond donors (Lipinski definition) is 1. The number of nitrogens with zero attached hydrogens (tertiary/aromatic N) is 7. The first-order valence-corrected chi connectivity index (χ1v) is 12.8. The molecule has 0 spiro atoms. The normalized spacial score (nSPS) is 13.0. The molecule has 0 saturated heterocycles. The maximum Gasteiger partial charge on any atom is 0.243 e. The summed E-state index contributed by atoms with van der Waals surface area (Å²) in [5.74, 6) is -0.417. The van der Waals surface area contributed by atoms with Gasteiger partial charge in [0, 0.05) is 24.2 Å². The minimum absolute atomic E-state index is 0.120. The van der Waals surface area contributed by atoms with Crippen LogP contribution in [0, 0.1) is 5.82 Å². The number of nitrogens with one attached hydrogen (secondary N) is 1. The number of sulfonamides is 1. The van der Waals surface area contributed by atoms with Gasteiger partial charge in [-0.25, -0.2) is 32.7 Å². The van der Waals surface area contributed by atoms with Crippen molar-refractivity contribution in [1.82, 2.24) is 34.7 Å². The van der Waals surface area contributed by atoms with E-state index in [4.69, 9.17) is 14.2 Å². The van der Waals surface area contributed by atoms with Crippen LogP contribution in [0.4, 0.5) is 10.3 Å². The van der Waals surface area contributed by atoms with Crippen LogP contribution in [0.1, 0.15) is 25.6 Å². The quantitative estimate of drug-likeness (QED) is 0.313. The van der Waals surface area contributed by atoms with Gasteiger partial charge < -0.3 is 14.2 Å². The van der Waals surface area contributed by atoms with E-state index in [0.717, 1.165) is 12.4 Å². The summed E-state index contributed by atoms with van der Waals surface area (Å²) in [6, 6.07) is 6.59. The van der Waals surface area contributed by atoms with Crippen molar-refractivity contribution in [2.45, 2.75) is 25.0 Å². The Labute approximate surface area is 218 Å². The highest BCUT2D eigenvalue weighted by Gasteiger charge is 2.33. The smallest absolute Gasteiger partial charge is 0.243 e. The molecule has 0 bridgehead atoms. The summed E-state index contributed by atoms with van der Waals surface area (Å²) < 4.78 is 60.3. The van der Waals surface area contributed by atoms with E-state index in [2.05, 4.69) is 34.9 Å². The van der Waals surface area contributed by atoms with Crippen molar-refractivity contribution >= 4 is 16.0 Å². The molecule has 0 fully saturated rings. The molecular formula is C23H25FN8O5S. The highest BCUT2D eigenvalue weighted by Crippen LogP contribution is 2.36. The molecule has 0 radical (unpaired) electrons. The molecule has 2 unspecified atom stereocenters. The third-order valence-electron chi connectivity index (χ3n) is 5.79. The van der Waals surface area contributed by atoms with Gasteiger partial charge in [-0.05, 0) is 13.0 Å². The van der Waals surface area contributed by atoms with Gasteiger partial charge in [-0.1, -0.05) is 13.0 Å². The van der Waals surface area contributed by atoms with Gasteiger partial charge in [0.25, 0.3) is 0 Å². The molecule has 0 saturated carbocycles. The Bertz CT molecular complexity index is 1510. The van der Waals surface area contributed by atoms with Crippen LogP contribution in [0.2, 0.25) is 0 Å². The van der Waals surface area contributed by atoms with Crippen LogP contribution in [0.25, 0.3) is 17.2 Å². The van der Waals surface area contributed by atoms with Crippen molar-refractivity contribution in [1.29, 1.82) is 0 Å². The lowest BCUT2D eigenvalue weighted by Crippen LogP contribution is -2.31. The van der Waals surface area contributed by atoms with Gasteiger partial charge in [0.15, 0.2) is 17.3 Å². The molecule has 0 aliphatic heterocycles. The average Bonchev–Trinajstić information content (AvgIpc) is 3.34. The number of rotatable bonds is 10. The number of anilines is 1. The van der Waals surface area contributed by atoms with E-state index in [1.54, 1.807) is 31.2 Å². The van der Waals surface area contributed by atoms with E-state index >= 15 is 0 Å².